The smallest absolute Gasteiger partial charge is 0.0210 e. The monoisotopic (exact) mass is 218 g/mol. The molecule has 2 N–H and O–H groups in total. The summed E-state index contributed by atoms with van der Waals surface area (Å²) in [5.41, 5.74) is 5.66. The molecule has 0 radical (unpaired) electrons. The maximum Gasteiger partial charge on any atom is 0.0210 e. The highest BCUT2D eigenvalue weighted by Crippen LogP contribution is 2.16. The lowest BCUT2D eigenvalue weighted by atomic mass is 9.99. The summed E-state index contributed by atoms with van der Waals surface area (Å²) in [7, 11) is 0. The van der Waals surface area contributed by atoms with Gasteiger partial charge in [-0.3, -0.25) is 0 Å². The molecule has 88 valence electrons. The topological polar surface area (TPSA) is 24.1 Å². The lowest BCUT2D eigenvalue weighted by Gasteiger charge is -2.27. The normalized spacial score (nSPS) is 16.2. The van der Waals surface area contributed by atoms with Gasteiger partial charge in [0.05, 0.1) is 0 Å². The van der Waals surface area contributed by atoms with Crippen molar-refractivity contribution in [1.29, 1.82) is 0 Å². The second-order valence-electron chi connectivity index (χ2n) is 5.03. The van der Waals surface area contributed by atoms with Crippen LogP contribution in [0.5, 0.6) is 0 Å². The first kappa shape index (κ1) is 11.6. The molecule has 0 saturated carbocycles. The minimum absolute atomic E-state index is 0.839. The summed E-state index contributed by atoms with van der Waals surface area (Å²) >= 11 is 0. The zero-order valence-corrected chi connectivity index (χ0v) is 10.6. The van der Waals surface area contributed by atoms with Crippen LogP contribution in [0.25, 0.3) is 0 Å². The average Bonchev–Trinajstić information content (AvgIpc) is 2.12. The second kappa shape index (κ2) is 4.98. The molecule has 2 heteroatoms. The molecule has 1 aliphatic rings. The summed E-state index contributed by atoms with van der Waals surface area (Å²) in [5, 5.41) is 6.86. The molecular formula is C14H22N2. The SMILES string of the molecule is Cc1cc(C)c(CNCC2CNC2)c(C)c1. The fourth-order valence-corrected chi connectivity index (χ4v) is 2.38. The Bertz CT molecular complexity index is 344. The van der Waals surface area contributed by atoms with E-state index in [0.717, 1.165) is 19.0 Å². The molecule has 1 heterocycles. The van der Waals surface area contributed by atoms with Crippen molar-refractivity contribution in [2.75, 3.05) is 19.6 Å². The van der Waals surface area contributed by atoms with Crippen LogP contribution in [0.15, 0.2) is 12.1 Å². The molecule has 0 aliphatic carbocycles. The summed E-state index contributed by atoms with van der Waals surface area (Å²) in [4.78, 5) is 0. The Hall–Kier alpha value is -0.860. The summed E-state index contributed by atoms with van der Waals surface area (Å²) in [5.74, 6) is 0.839. The van der Waals surface area contributed by atoms with Gasteiger partial charge in [-0.25, -0.2) is 0 Å². The van der Waals surface area contributed by atoms with E-state index in [1.54, 1.807) is 0 Å². The molecule has 1 aromatic carbocycles. The summed E-state index contributed by atoms with van der Waals surface area (Å²) in [6.45, 7) is 11.1. The quantitative estimate of drug-likeness (QED) is 0.807. The zero-order chi connectivity index (χ0) is 11.5. The maximum absolute atomic E-state index is 3.56. The van der Waals surface area contributed by atoms with Crippen LogP contribution in [0.3, 0.4) is 0 Å². The van der Waals surface area contributed by atoms with E-state index in [4.69, 9.17) is 0 Å². The third-order valence-corrected chi connectivity index (χ3v) is 3.44. The van der Waals surface area contributed by atoms with Gasteiger partial charge >= 0.3 is 0 Å². The molecule has 0 atom stereocenters. The Labute approximate surface area is 98.4 Å². The van der Waals surface area contributed by atoms with E-state index in [1.807, 2.05) is 0 Å². The van der Waals surface area contributed by atoms with Crippen LogP contribution in [0.1, 0.15) is 22.3 Å². The van der Waals surface area contributed by atoms with Crippen LogP contribution in [-0.4, -0.2) is 19.6 Å². The van der Waals surface area contributed by atoms with E-state index in [9.17, 15) is 0 Å². The molecule has 1 fully saturated rings. The molecule has 0 unspecified atom stereocenters. The third-order valence-electron chi connectivity index (χ3n) is 3.44. The number of aryl methyl sites for hydroxylation is 3. The number of nitrogens with one attached hydrogen (secondary N) is 2. The zero-order valence-electron chi connectivity index (χ0n) is 10.6. The van der Waals surface area contributed by atoms with Gasteiger partial charge in [-0.1, -0.05) is 17.7 Å². The summed E-state index contributed by atoms with van der Waals surface area (Å²) in [6, 6.07) is 4.55. The van der Waals surface area contributed by atoms with Crippen LogP contribution in [-0.2, 0) is 6.54 Å². The van der Waals surface area contributed by atoms with E-state index < -0.39 is 0 Å². The standard InChI is InChI=1S/C14H22N2/c1-10-4-11(2)14(12(3)5-10)9-16-8-13-6-15-7-13/h4-5,13,15-16H,6-9H2,1-3H3. The van der Waals surface area contributed by atoms with Gasteiger partial charge in [0.15, 0.2) is 0 Å². The van der Waals surface area contributed by atoms with Gasteiger partial charge in [0.25, 0.3) is 0 Å². The first-order chi connectivity index (χ1) is 7.66. The van der Waals surface area contributed by atoms with Gasteiger partial charge < -0.3 is 10.6 Å². The first-order valence-electron chi connectivity index (χ1n) is 6.15. The van der Waals surface area contributed by atoms with Crippen molar-refractivity contribution < 1.29 is 0 Å². The van der Waals surface area contributed by atoms with Gasteiger partial charge in [0.2, 0.25) is 0 Å². The minimum atomic E-state index is 0.839. The molecule has 1 aliphatic heterocycles. The molecule has 2 rings (SSSR count). The molecular weight excluding hydrogens is 196 g/mol. The Morgan fingerprint density at radius 2 is 1.81 bits per heavy atom. The fourth-order valence-electron chi connectivity index (χ4n) is 2.38. The highest BCUT2D eigenvalue weighted by Gasteiger charge is 2.15. The Morgan fingerprint density at radius 1 is 1.19 bits per heavy atom. The van der Waals surface area contributed by atoms with Crippen LogP contribution in [0.4, 0.5) is 0 Å². The Kier molecular flexibility index (Phi) is 3.62. The van der Waals surface area contributed by atoms with Crippen LogP contribution >= 0.6 is 0 Å². The van der Waals surface area contributed by atoms with Crippen LogP contribution < -0.4 is 10.6 Å². The molecule has 1 saturated heterocycles. The number of hydrogen-bond donors (Lipinski definition) is 2. The highest BCUT2D eigenvalue weighted by molar-refractivity contribution is 5.37. The number of benzene rings is 1. The van der Waals surface area contributed by atoms with E-state index in [1.165, 1.54) is 35.3 Å². The van der Waals surface area contributed by atoms with E-state index in [0.29, 0.717) is 0 Å². The lowest BCUT2D eigenvalue weighted by molar-refractivity contribution is 0.331. The second-order valence-corrected chi connectivity index (χ2v) is 5.03. The van der Waals surface area contributed by atoms with Crippen molar-refractivity contribution >= 4 is 0 Å². The van der Waals surface area contributed by atoms with Crippen LogP contribution in [0, 0.1) is 26.7 Å². The predicted octanol–water partition coefficient (Wildman–Crippen LogP) is 1.92. The summed E-state index contributed by atoms with van der Waals surface area (Å²) < 4.78 is 0. The maximum atomic E-state index is 3.56. The largest absolute Gasteiger partial charge is 0.316 e. The summed E-state index contributed by atoms with van der Waals surface area (Å²) in [6.07, 6.45) is 0. The van der Waals surface area contributed by atoms with Gasteiger partial charge in [-0.2, -0.15) is 0 Å². The van der Waals surface area contributed by atoms with Crippen molar-refractivity contribution in [3.63, 3.8) is 0 Å². The molecule has 0 amide bonds. The Morgan fingerprint density at radius 3 is 2.31 bits per heavy atom. The van der Waals surface area contributed by atoms with Crippen LogP contribution in [0.2, 0.25) is 0 Å². The van der Waals surface area contributed by atoms with Crippen molar-refractivity contribution in [2.45, 2.75) is 27.3 Å². The molecule has 1 aromatic rings. The molecule has 2 nitrogen and oxygen atoms in total. The lowest BCUT2D eigenvalue weighted by Crippen LogP contribution is -2.47. The van der Waals surface area contributed by atoms with Crippen molar-refractivity contribution in [1.82, 2.24) is 10.6 Å². The first-order valence-corrected chi connectivity index (χ1v) is 6.15. The average molecular weight is 218 g/mol. The third kappa shape index (κ3) is 2.63. The minimum Gasteiger partial charge on any atom is -0.316 e. The van der Waals surface area contributed by atoms with Crippen molar-refractivity contribution in [2.24, 2.45) is 5.92 Å². The van der Waals surface area contributed by atoms with E-state index >= 15 is 0 Å². The van der Waals surface area contributed by atoms with Gasteiger partial charge in [0, 0.05) is 26.2 Å². The van der Waals surface area contributed by atoms with Gasteiger partial charge in [0.1, 0.15) is 0 Å². The fraction of sp³-hybridized carbons (Fsp3) is 0.571. The highest BCUT2D eigenvalue weighted by atomic mass is 15.0. The van der Waals surface area contributed by atoms with Gasteiger partial charge in [-0.05, 0) is 43.4 Å². The molecule has 0 aromatic heterocycles. The van der Waals surface area contributed by atoms with Crippen molar-refractivity contribution in [3.05, 3.63) is 34.4 Å². The number of hydrogen-bond acceptors (Lipinski definition) is 2. The predicted molar refractivity (Wildman–Crippen MR) is 68.7 cm³/mol. The van der Waals surface area contributed by atoms with E-state index in [2.05, 4.69) is 43.5 Å². The molecule has 0 bridgehead atoms. The molecule has 0 spiro atoms. The van der Waals surface area contributed by atoms with Gasteiger partial charge in [-0.15, -0.1) is 0 Å². The van der Waals surface area contributed by atoms with E-state index in [-0.39, 0.29) is 0 Å². The Balaban J connectivity index is 1.92. The number of rotatable bonds is 4. The van der Waals surface area contributed by atoms with Crippen molar-refractivity contribution in [3.8, 4) is 0 Å². The molecule has 16 heavy (non-hydrogen) atoms.